The number of rotatable bonds is 7. The van der Waals surface area contributed by atoms with Crippen LogP contribution in [0.15, 0.2) is 42.5 Å². The Kier molecular flexibility index (Phi) is 7.71. The van der Waals surface area contributed by atoms with Crippen LogP contribution in [-0.2, 0) is 7.05 Å². The van der Waals surface area contributed by atoms with Crippen molar-refractivity contribution < 1.29 is 4.79 Å². The van der Waals surface area contributed by atoms with E-state index in [2.05, 4.69) is 17.6 Å². The maximum absolute atomic E-state index is 12.2. The minimum Gasteiger partial charge on any atom is -0.349 e. The van der Waals surface area contributed by atoms with Crippen molar-refractivity contribution in [3.05, 3.63) is 48.2 Å². The Labute approximate surface area is 138 Å². The number of aromatic nitrogens is 1. The molecule has 0 aliphatic rings. The van der Waals surface area contributed by atoms with Crippen molar-refractivity contribution >= 4 is 18.3 Å². The van der Waals surface area contributed by atoms with Crippen LogP contribution < -0.4 is 10.6 Å². The summed E-state index contributed by atoms with van der Waals surface area (Å²) in [5.41, 5.74) is 2.85. The maximum atomic E-state index is 12.2. The second-order valence-electron chi connectivity index (χ2n) is 5.03. The van der Waals surface area contributed by atoms with E-state index in [1.165, 1.54) is 0 Å². The molecule has 0 aliphatic heterocycles. The molecular formula is C17H24ClN3O. The molecule has 1 heterocycles. The normalized spacial score (nSPS) is 10.1. The van der Waals surface area contributed by atoms with Crippen LogP contribution in [-0.4, -0.2) is 30.1 Å². The molecule has 22 heavy (non-hydrogen) atoms. The van der Waals surface area contributed by atoms with E-state index in [9.17, 15) is 4.79 Å². The van der Waals surface area contributed by atoms with E-state index in [1.54, 1.807) is 0 Å². The monoisotopic (exact) mass is 321 g/mol. The summed E-state index contributed by atoms with van der Waals surface area (Å²) in [4.78, 5) is 12.2. The molecule has 0 fully saturated rings. The fraction of sp³-hybridized carbons (Fsp3) is 0.353. The molecular weight excluding hydrogens is 298 g/mol. The zero-order valence-electron chi connectivity index (χ0n) is 13.1. The van der Waals surface area contributed by atoms with Crippen LogP contribution in [0.4, 0.5) is 0 Å². The lowest BCUT2D eigenvalue weighted by Gasteiger charge is -2.09. The van der Waals surface area contributed by atoms with E-state index >= 15 is 0 Å². The molecule has 1 aromatic carbocycles. The van der Waals surface area contributed by atoms with E-state index in [0.717, 1.165) is 30.8 Å². The Bertz CT molecular complexity index is 581. The summed E-state index contributed by atoms with van der Waals surface area (Å²) in [7, 11) is 1.92. The minimum atomic E-state index is -0.0296. The Balaban J connectivity index is 0.00000242. The van der Waals surface area contributed by atoms with Crippen LogP contribution in [0.1, 0.15) is 23.8 Å². The molecule has 2 N–H and O–H groups in total. The van der Waals surface area contributed by atoms with E-state index < -0.39 is 0 Å². The minimum absolute atomic E-state index is 0. The van der Waals surface area contributed by atoms with Gasteiger partial charge in [-0.15, -0.1) is 12.4 Å². The van der Waals surface area contributed by atoms with Gasteiger partial charge in [0.05, 0.1) is 0 Å². The standard InChI is InChI=1S/C17H23N3O.ClH/c1-3-11-18-12-13-19-17(21)16-10-9-15(20(16)2)14-7-5-4-6-8-14;/h4-10,18H,3,11-13H2,1-2H3,(H,19,21);1H. The first-order valence-electron chi connectivity index (χ1n) is 7.44. The molecule has 2 rings (SSSR count). The largest absolute Gasteiger partial charge is 0.349 e. The number of hydrogen-bond donors (Lipinski definition) is 2. The predicted octanol–water partition coefficient (Wildman–Crippen LogP) is 2.84. The summed E-state index contributed by atoms with van der Waals surface area (Å²) < 4.78 is 1.93. The number of nitrogens with zero attached hydrogens (tertiary/aromatic N) is 1. The molecule has 0 spiro atoms. The van der Waals surface area contributed by atoms with Gasteiger partial charge in [-0.3, -0.25) is 4.79 Å². The Morgan fingerprint density at radius 1 is 1.05 bits per heavy atom. The summed E-state index contributed by atoms with van der Waals surface area (Å²) in [5, 5.41) is 6.21. The first-order chi connectivity index (χ1) is 10.2. The zero-order valence-corrected chi connectivity index (χ0v) is 14.0. The molecule has 0 saturated heterocycles. The SMILES string of the molecule is CCCNCCNC(=O)c1ccc(-c2ccccc2)n1C.Cl. The highest BCUT2D eigenvalue weighted by Crippen LogP contribution is 2.21. The van der Waals surface area contributed by atoms with Crippen LogP contribution >= 0.6 is 12.4 Å². The van der Waals surface area contributed by atoms with Gasteiger partial charge in [-0.05, 0) is 30.7 Å². The van der Waals surface area contributed by atoms with Gasteiger partial charge in [0.2, 0.25) is 0 Å². The third kappa shape index (κ3) is 4.61. The summed E-state index contributed by atoms with van der Waals surface area (Å²) >= 11 is 0. The zero-order chi connectivity index (χ0) is 15.1. The van der Waals surface area contributed by atoms with Gasteiger partial charge in [0.25, 0.3) is 5.91 Å². The highest BCUT2D eigenvalue weighted by atomic mass is 35.5. The van der Waals surface area contributed by atoms with Crippen LogP contribution in [0, 0.1) is 0 Å². The second kappa shape index (κ2) is 9.28. The molecule has 0 aliphatic carbocycles. The fourth-order valence-corrected chi connectivity index (χ4v) is 2.29. The number of nitrogens with one attached hydrogen (secondary N) is 2. The lowest BCUT2D eigenvalue weighted by molar-refractivity contribution is 0.0946. The Morgan fingerprint density at radius 3 is 2.45 bits per heavy atom. The Hall–Kier alpha value is -1.78. The number of carbonyl (C=O) groups excluding carboxylic acids is 1. The molecule has 4 nitrogen and oxygen atoms in total. The van der Waals surface area contributed by atoms with Crippen molar-refractivity contribution in [2.75, 3.05) is 19.6 Å². The molecule has 0 radical (unpaired) electrons. The van der Waals surface area contributed by atoms with E-state index in [4.69, 9.17) is 0 Å². The van der Waals surface area contributed by atoms with Gasteiger partial charge in [-0.25, -0.2) is 0 Å². The smallest absolute Gasteiger partial charge is 0.267 e. The number of hydrogen-bond acceptors (Lipinski definition) is 2. The van der Waals surface area contributed by atoms with Crippen molar-refractivity contribution in [1.82, 2.24) is 15.2 Å². The second-order valence-corrected chi connectivity index (χ2v) is 5.03. The van der Waals surface area contributed by atoms with Crippen LogP contribution in [0.25, 0.3) is 11.3 Å². The number of halogens is 1. The van der Waals surface area contributed by atoms with E-state index in [1.807, 2.05) is 54.1 Å². The van der Waals surface area contributed by atoms with Crippen molar-refractivity contribution in [3.63, 3.8) is 0 Å². The molecule has 0 saturated carbocycles. The highest BCUT2D eigenvalue weighted by Gasteiger charge is 2.12. The fourth-order valence-electron chi connectivity index (χ4n) is 2.29. The van der Waals surface area contributed by atoms with Gasteiger partial charge < -0.3 is 15.2 Å². The average Bonchev–Trinajstić information content (AvgIpc) is 2.89. The number of benzene rings is 1. The van der Waals surface area contributed by atoms with Crippen LogP contribution in [0.5, 0.6) is 0 Å². The number of amides is 1. The third-order valence-electron chi connectivity index (χ3n) is 3.44. The van der Waals surface area contributed by atoms with Crippen molar-refractivity contribution in [1.29, 1.82) is 0 Å². The summed E-state index contributed by atoms with van der Waals surface area (Å²) in [6.45, 7) is 4.55. The van der Waals surface area contributed by atoms with Gasteiger partial charge in [0.1, 0.15) is 5.69 Å². The van der Waals surface area contributed by atoms with Crippen molar-refractivity contribution in [2.24, 2.45) is 7.05 Å². The lowest BCUT2D eigenvalue weighted by atomic mass is 10.2. The molecule has 1 aromatic heterocycles. The predicted molar refractivity (Wildman–Crippen MR) is 93.6 cm³/mol. The first-order valence-corrected chi connectivity index (χ1v) is 7.44. The molecule has 120 valence electrons. The molecule has 1 amide bonds. The molecule has 2 aromatic rings. The molecule has 0 atom stereocenters. The van der Waals surface area contributed by atoms with Crippen molar-refractivity contribution in [2.45, 2.75) is 13.3 Å². The summed E-state index contributed by atoms with van der Waals surface area (Å²) in [6, 6.07) is 13.9. The van der Waals surface area contributed by atoms with Crippen molar-refractivity contribution in [3.8, 4) is 11.3 Å². The third-order valence-corrected chi connectivity index (χ3v) is 3.44. The van der Waals surface area contributed by atoms with Crippen LogP contribution in [0.3, 0.4) is 0 Å². The van der Waals surface area contributed by atoms with Crippen LogP contribution in [0.2, 0.25) is 0 Å². The first kappa shape index (κ1) is 18.3. The highest BCUT2D eigenvalue weighted by molar-refractivity contribution is 5.93. The summed E-state index contributed by atoms with van der Waals surface area (Å²) in [5.74, 6) is -0.0296. The topological polar surface area (TPSA) is 46.1 Å². The van der Waals surface area contributed by atoms with Gasteiger partial charge >= 0.3 is 0 Å². The molecule has 0 bridgehead atoms. The molecule has 5 heteroatoms. The Morgan fingerprint density at radius 2 is 1.77 bits per heavy atom. The maximum Gasteiger partial charge on any atom is 0.267 e. The average molecular weight is 322 g/mol. The summed E-state index contributed by atoms with van der Waals surface area (Å²) in [6.07, 6.45) is 1.10. The van der Waals surface area contributed by atoms with E-state index in [0.29, 0.717) is 12.2 Å². The van der Waals surface area contributed by atoms with E-state index in [-0.39, 0.29) is 18.3 Å². The lowest BCUT2D eigenvalue weighted by Crippen LogP contribution is -2.33. The van der Waals surface area contributed by atoms with Gasteiger partial charge in [-0.1, -0.05) is 37.3 Å². The van der Waals surface area contributed by atoms with Gasteiger partial charge in [0, 0.05) is 25.8 Å². The quantitative estimate of drug-likeness (QED) is 0.770. The van der Waals surface area contributed by atoms with Gasteiger partial charge in [-0.2, -0.15) is 0 Å². The van der Waals surface area contributed by atoms with Gasteiger partial charge in [0.15, 0.2) is 0 Å². The number of carbonyl (C=O) groups is 1. The molecule has 0 unspecified atom stereocenters.